The van der Waals surface area contributed by atoms with Crippen molar-refractivity contribution in [3.05, 3.63) is 47.1 Å². The number of hydrogen-bond donors (Lipinski definition) is 1. The minimum atomic E-state index is -0.445. The number of benzene rings is 1. The zero-order valence-corrected chi connectivity index (χ0v) is 9.28. The van der Waals surface area contributed by atoms with E-state index in [0.717, 1.165) is 0 Å². The highest BCUT2D eigenvalue weighted by molar-refractivity contribution is 6.32. The van der Waals surface area contributed by atoms with Crippen molar-refractivity contribution in [2.24, 2.45) is 0 Å². The third-order valence-electron chi connectivity index (χ3n) is 2.08. The predicted octanol–water partition coefficient (Wildman–Crippen LogP) is 2.83. The molecule has 0 amide bonds. The number of carbonyl (C=O) groups is 1. The van der Waals surface area contributed by atoms with Gasteiger partial charge >= 0.3 is 0 Å². The minimum Gasteiger partial charge on any atom is -0.337 e. The van der Waals surface area contributed by atoms with Gasteiger partial charge in [-0.2, -0.15) is 0 Å². The first-order chi connectivity index (χ1) is 8.22. The Balaban J connectivity index is 2.40. The van der Waals surface area contributed by atoms with Gasteiger partial charge in [0.05, 0.1) is 11.3 Å². The summed E-state index contributed by atoms with van der Waals surface area (Å²) in [5.74, 6) is -0.274. The zero-order chi connectivity index (χ0) is 12.3. The normalized spacial score (nSPS) is 10.0. The molecule has 2 rings (SSSR count). The number of anilines is 2. The average molecular weight is 252 g/mol. The number of para-hydroxylation sites is 1. The smallest absolute Gasteiger partial charge is 0.156 e. The van der Waals surface area contributed by atoms with E-state index in [2.05, 4.69) is 15.3 Å². The lowest BCUT2D eigenvalue weighted by Gasteiger charge is -2.08. The monoisotopic (exact) mass is 251 g/mol. The molecule has 0 spiro atoms. The van der Waals surface area contributed by atoms with E-state index < -0.39 is 5.82 Å². The molecule has 1 heterocycles. The lowest BCUT2D eigenvalue weighted by molar-refractivity contribution is 0.112. The summed E-state index contributed by atoms with van der Waals surface area (Å²) in [5.41, 5.74) is 0.308. The number of carbonyl (C=O) groups excluding carboxylic acids is 1. The summed E-state index contributed by atoms with van der Waals surface area (Å²) in [7, 11) is 0. The minimum absolute atomic E-state index is 0.0221. The van der Waals surface area contributed by atoms with Crippen LogP contribution >= 0.6 is 11.6 Å². The molecule has 4 nitrogen and oxygen atoms in total. The van der Waals surface area contributed by atoms with Crippen LogP contribution in [0.4, 0.5) is 15.9 Å². The Bertz CT molecular complexity index is 562. The van der Waals surface area contributed by atoms with E-state index >= 15 is 0 Å². The Morgan fingerprint density at radius 2 is 2.06 bits per heavy atom. The van der Waals surface area contributed by atoms with E-state index in [4.69, 9.17) is 11.6 Å². The summed E-state index contributed by atoms with van der Waals surface area (Å²) in [6.45, 7) is 0. The maximum absolute atomic E-state index is 13.4. The van der Waals surface area contributed by atoms with E-state index in [1.807, 2.05) is 0 Å². The fourth-order valence-corrected chi connectivity index (χ4v) is 1.45. The van der Waals surface area contributed by atoms with Crippen LogP contribution in [0.3, 0.4) is 0 Å². The molecular weight excluding hydrogens is 245 g/mol. The molecule has 0 unspecified atom stereocenters. The summed E-state index contributed by atoms with van der Waals surface area (Å²) in [6.07, 6.45) is 1.71. The van der Waals surface area contributed by atoms with Gasteiger partial charge in [0, 0.05) is 0 Å². The standard InChI is InChI=1S/C11H7ClFN3O/c12-10-7(5-17)11(15-6-14-10)16-9-4-2-1-3-8(9)13/h1-6H,(H,14,15,16). The molecule has 0 aliphatic carbocycles. The fraction of sp³-hybridized carbons (Fsp3) is 0. The molecule has 0 saturated heterocycles. The third kappa shape index (κ3) is 2.39. The Morgan fingerprint density at radius 1 is 1.29 bits per heavy atom. The number of hydrogen-bond acceptors (Lipinski definition) is 4. The molecular formula is C11H7ClFN3O. The number of aromatic nitrogens is 2. The third-order valence-corrected chi connectivity index (χ3v) is 2.38. The van der Waals surface area contributed by atoms with E-state index in [0.29, 0.717) is 6.29 Å². The maximum Gasteiger partial charge on any atom is 0.156 e. The summed E-state index contributed by atoms with van der Waals surface area (Å²) in [4.78, 5) is 18.3. The van der Waals surface area contributed by atoms with Gasteiger partial charge in [-0.05, 0) is 12.1 Å². The molecule has 0 aliphatic rings. The van der Waals surface area contributed by atoms with Crippen molar-refractivity contribution in [1.82, 2.24) is 9.97 Å². The van der Waals surface area contributed by atoms with Crippen molar-refractivity contribution in [2.45, 2.75) is 0 Å². The Morgan fingerprint density at radius 3 is 2.76 bits per heavy atom. The topological polar surface area (TPSA) is 54.9 Å². The molecule has 86 valence electrons. The molecule has 2 aromatic rings. The molecule has 1 N–H and O–H groups in total. The van der Waals surface area contributed by atoms with Crippen LogP contribution in [0.1, 0.15) is 10.4 Å². The number of halogens is 2. The fourth-order valence-electron chi connectivity index (χ4n) is 1.27. The quantitative estimate of drug-likeness (QED) is 0.673. The van der Waals surface area contributed by atoms with Gasteiger partial charge in [-0.15, -0.1) is 0 Å². The van der Waals surface area contributed by atoms with Crippen LogP contribution in [0.2, 0.25) is 5.15 Å². The molecule has 0 bridgehead atoms. The largest absolute Gasteiger partial charge is 0.337 e. The van der Waals surface area contributed by atoms with Gasteiger partial charge in [-0.1, -0.05) is 23.7 Å². The SMILES string of the molecule is O=Cc1c(Cl)ncnc1Nc1ccccc1F. The van der Waals surface area contributed by atoms with Crippen molar-refractivity contribution in [2.75, 3.05) is 5.32 Å². The van der Waals surface area contributed by atoms with Crippen molar-refractivity contribution in [1.29, 1.82) is 0 Å². The van der Waals surface area contributed by atoms with E-state index in [1.54, 1.807) is 12.1 Å². The summed E-state index contributed by atoms with van der Waals surface area (Å²) < 4.78 is 13.4. The van der Waals surface area contributed by atoms with Crippen LogP contribution in [0.25, 0.3) is 0 Å². The lowest BCUT2D eigenvalue weighted by atomic mass is 10.3. The van der Waals surface area contributed by atoms with E-state index in [-0.39, 0.29) is 22.2 Å². The molecule has 17 heavy (non-hydrogen) atoms. The van der Waals surface area contributed by atoms with Crippen LogP contribution in [-0.2, 0) is 0 Å². The average Bonchev–Trinajstić information content (AvgIpc) is 2.32. The highest BCUT2D eigenvalue weighted by Gasteiger charge is 2.10. The molecule has 1 aromatic carbocycles. The van der Waals surface area contributed by atoms with Gasteiger partial charge < -0.3 is 5.32 Å². The summed E-state index contributed by atoms with van der Waals surface area (Å²) in [5, 5.41) is 2.71. The first kappa shape index (κ1) is 11.5. The van der Waals surface area contributed by atoms with Gasteiger partial charge in [0.25, 0.3) is 0 Å². The highest BCUT2D eigenvalue weighted by atomic mass is 35.5. The molecule has 0 atom stereocenters. The molecule has 1 aromatic heterocycles. The first-order valence-electron chi connectivity index (χ1n) is 4.69. The number of nitrogens with one attached hydrogen (secondary N) is 1. The number of rotatable bonds is 3. The van der Waals surface area contributed by atoms with Crippen molar-refractivity contribution < 1.29 is 9.18 Å². The number of nitrogens with zero attached hydrogens (tertiary/aromatic N) is 2. The van der Waals surface area contributed by atoms with E-state index in [9.17, 15) is 9.18 Å². The molecule has 0 fully saturated rings. The van der Waals surface area contributed by atoms with Gasteiger partial charge in [0.2, 0.25) is 0 Å². The van der Waals surface area contributed by atoms with E-state index in [1.165, 1.54) is 18.5 Å². The molecule has 0 radical (unpaired) electrons. The summed E-state index contributed by atoms with van der Waals surface area (Å²) >= 11 is 5.72. The second-order valence-corrected chi connectivity index (χ2v) is 3.51. The lowest BCUT2D eigenvalue weighted by Crippen LogP contribution is -2.01. The van der Waals surface area contributed by atoms with Crippen LogP contribution < -0.4 is 5.32 Å². The van der Waals surface area contributed by atoms with Crippen molar-refractivity contribution in [3.63, 3.8) is 0 Å². The Kier molecular flexibility index (Phi) is 3.30. The van der Waals surface area contributed by atoms with Gasteiger partial charge in [-0.25, -0.2) is 14.4 Å². The predicted molar refractivity (Wildman–Crippen MR) is 62.1 cm³/mol. The van der Waals surface area contributed by atoms with Gasteiger partial charge in [-0.3, -0.25) is 4.79 Å². The van der Waals surface area contributed by atoms with Crippen LogP contribution in [0.5, 0.6) is 0 Å². The summed E-state index contributed by atoms with van der Waals surface area (Å²) in [6, 6.07) is 6.05. The first-order valence-corrected chi connectivity index (χ1v) is 5.07. The Hall–Kier alpha value is -2.01. The van der Waals surface area contributed by atoms with Gasteiger partial charge in [0.1, 0.15) is 23.1 Å². The van der Waals surface area contributed by atoms with Crippen molar-refractivity contribution in [3.8, 4) is 0 Å². The van der Waals surface area contributed by atoms with Crippen LogP contribution in [-0.4, -0.2) is 16.3 Å². The molecule has 0 saturated carbocycles. The molecule has 0 aliphatic heterocycles. The van der Waals surface area contributed by atoms with Gasteiger partial charge in [0.15, 0.2) is 6.29 Å². The highest BCUT2D eigenvalue weighted by Crippen LogP contribution is 2.23. The molecule has 6 heteroatoms. The number of aldehydes is 1. The van der Waals surface area contributed by atoms with Crippen LogP contribution in [0, 0.1) is 5.82 Å². The van der Waals surface area contributed by atoms with Crippen molar-refractivity contribution >= 4 is 29.4 Å². The maximum atomic E-state index is 13.4. The van der Waals surface area contributed by atoms with Crippen LogP contribution in [0.15, 0.2) is 30.6 Å². The second-order valence-electron chi connectivity index (χ2n) is 3.15. The second kappa shape index (κ2) is 4.88. The Labute approximate surface area is 101 Å². The zero-order valence-electron chi connectivity index (χ0n) is 8.52.